The van der Waals surface area contributed by atoms with Crippen molar-refractivity contribution < 1.29 is 14.6 Å². The molecule has 2 unspecified atom stereocenters. The van der Waals surface area contributed by atoms with Gasteiger partial charge in [-0.05, 0) is 6.42 Å². The first-order chi connectivity index (χ1) is 5.70. The van der Waals surface area contributed by atoms with Gasteiger partial charge in [0.1, 0.15) is 6.04 Å². The standard InChI is InChI=1S/C7H10N2O3/c1-12-7(11)9-3-2-6(10)5(9)4-8/h5-6,10H,2-3H2,1H3. The van der Waals surface area contributed by atoms with Crippen molar-refractivity contribution in [3.8, 4) is 6.07 Å². The molecular weight excluding hydrogens is 160 g/mol. The average Bonchev–Trinajstić information content (AvgIpc) is 2.45. The van der Waals surface area contributed by atoms with E-state index < -0.39 is 18.2 Å². The monoisotopic (exact) mass is 170 g/mol. The van der Waals surface area contributed by atoms with E-state index in [1.165, 1.54) is 12.0 Å². The number of carbonyl (C=O) groups excluding carboxylic acids is 1. The molecule has 2 atom stereocenters. The number of nitrogens with zero attached hydrogens (tertiary/aromatic N) is 2. The van der Waals surface area contributed by atoms with Gasteiger partial charge >= 0.3 is 6.09 Å². The molecule has 0 bridgehead atoms. The first kappa shape index (κ1) is 8.81. The summed E-state index contributed by atoms with van der Waals surface area (Å²) >= 11 is 0. The van der Waals surface area contributed by atoms with Crippen molar-refractivity contribution in [2.75, 3.05) is 13.7 Å². The van der Waals surface area contributed by atoms with Gasteiger partial charge < -0.3 is 9.84 Å². The number of carbonyl (C=O) groups is 1. The van der Waals surface area contributed by atoms with Crippen molar-refractivity contribution in [1.82, 2.24) is 4.90 Å². The molecule has 1 rings (SSSR count). The van der Waals surface area contributed by atoms with Crippen LogP contribution in [0, 0.1) is 11.3 Å². The molecule has 0 aromatic carbocycles. The predicted octanol–water partition coefficient (Wildman–Crippen LogP) is -0.288. The van der Waals surface area contributed by atoms with Crippen LogP contribution in [0.15, 0.2) is 0 Å². The molecule has 0 aliphatic carbocycles. The minimum absolute atomic E-state index is 0.381. The highest BCUT2D eigenvalue weighted by atomic mass is 16.5. The van der Waals surface area contributed by atoms with Crippen LogP contribution in [0.3, 0.4) is 0 Å². The van der Waals surface area contributed by atoms with Crippen LogP contribution in [0.4, 0.5) is 4.79 Å². The van der Waals surface area contributed by atoms with E-state index in [0.29, 0.717) is 13.0 Å². The van der Waals surface area contributed by atoms with Crippen LogP contribution in [0.25, 0.3) is 0 Å². The third kappa shape index (κ3) is 1.34. The van der Waals surface area contributed by atoms with Crippen molar-refractivity contribution in [3.63, 3.8) is 0 Å². The van der Waals surface area contributed by atoms with Gasteiger partial charge in [0.05, 0.1) is 19.3 Å². The van der Waals surface area contributed by atoms with Gasteiger partial charge in [0.2, 0.25) is 0 Å². The Bertz CT molecular complexity index is 223. The zero-order chi connectivity index (χ0) is 9.14. The van der Waals surface area contributed by atoms with Gasteiger partial charge in [-0.3, -0.25) is 4.90 Å². The zero-order valence-corrected chi connectivity index (χ0v) is 6.73. The van der Waals surface area contributed by atoms with Gasteiger partial charge in [0, 0.05) is 6.54 Å². The number of hydrogen-bond donors (Lipinski definition) is 1. The lowest BCUT2D eigenvalue weighted by atomic mass is 10.2. The Morgan fingerprint density at radius 2 is 2.50 bits per heavy atom. The number of rotatable bonds is 0. The van der Waals surface area contributed by atoms with Crippen molar-refractivity contribution >= 4 is 6.09 Å². The fourth-order valence-corrected chi connectivity index (χ4v) is 1.25. The third-order valence-electron chi connectivity index (χ3n) is 1.91. The first-order valence-electron chi connectivity index (χ1n) is 3.63. The second-order valence-electron chi connectivity index (χ2n) is 2.59. The molecule has 12 heavy (non-hydrogen) atoms. The van der Waals surface area contributed by atoms with Gasteiger partial charge in [-0.25, -0.2) is 4.79 Å². The van der Waals surface area contributed by atoms with Crippen LogP contribution >= 0.6 is 0 Å². The summed E-state index contributed by atoms with van der Waals surface area (Å²) in [7, 11) is 1.25. The Morgan fingerprint density at radius 1 is 1.83 bits per heavy atom. The summed E-state index contributed by atoms with van der Waals surface area (Å²) in [6.07, 6.45) is -0.861. The minimum atomic E-state index is -0.752. The normalized spacial score (nSPS) is 28.2. The molecule has 1 amide bonds. The molecule has 0 saturated carbocycles. The molecule has 5 nitrogen and oxygen atoms in total. The van der Waals surface area contributed by atoms with Gasteiger partial charge in [0.25, 0.3) is 0 Å². The molecule has 5 heteroatoms. The van der Waals surface area contributed by atoms with E-state index in [9.17, 15) is 9.90 Å². The Balaban J connectivity index is 2.68. The summed E-state index contributed by atoms with van der Waals surface area (Å²) in [6.45, 7) is 0.381. The fraction of sp³-hybridized carbons (Fsp3) is 0.714. The Morgan fingerprint density at radius 3 is 3.00 bits per heavy atom. The molecular formula is C7H10N2O3. The van der Waals surface area contributed by atoms with Crippen LogP contribution in [0.1, 0.15) is 6.42 Å². The fourth-order valence-electron chi connectivity index (χ4n) is 1.25. The number of hydrogen-bond acceptors (Lipinski definition) is 4. The van der Waals surface area contributed by atoms with Crippen molar-refractivity contribution in [2.24, 2.45) is 0 Å². The summed E-state index contributed by atoms with van der Waals surface area (Å²) in [5.74, 6) is 0. The molecule has 1 N–H and O–H groups in total. The summed E-state index contributed by atoms with van der Waals surface area (Å²) in [6, 6.07) is 1.10. The number of amides is 1. The molecule has 0 spiro atoms. The molecule has 1 saturated heterocycles. The number of ether oxygens (including phenoxy) is 1. The molecule has 1 aliphatic heterocycles. The lowest BCUT2D eigenvalue weighted by Crippen LogP contribution is -2.38. The highest BCUT2D eigenvalue weighted by molar-refractivity contribution is 5.68. The first-order valence-corrected chi connectivity index (χ1v) is 3.63. The highest BCUT2D eigenvalue weighted by Crippen LogP contribution is 2.17. The molecule has 1 heterocycles. The van der Waals surface area contributed by atoms with E-state index in [1.54, 1.807) is 0 Å². The third-order valence-corrected chi connectivity index (χ3v) is 1.91. The Labute approximate surface area is 70.1 Å². The summed E-state index contributed by atoms with van der Waals surface area (Å²) in [5, 5.41) is 17.8. The molecule has 0 aromatic rings. The molecule has 0 radical (unpaired) electrons. The minimum Gasteiger partial charge on any atom is -0.453 e. The average molecular weight is 170 g/mol. The number of aliphatic hydroxyl groups excluding tert-OH is 1. The summed E-state index contributed by atoms with van der Waals surface area (Å²) in [4.78, 5) is 12.2. The van der Waals surface area contributed by atoms with E-state index >= 15 is 0 Å². The maximum absolute atomic E-state index is 11.0. The SMILES string of the molecule is COC(=O)N1CCC(O)C1C#N. The topological polar surface area (TPSA) is 73.6 Å². The van der Waals surface area contributed by atoms with Gasteiger partial charge in [0.15, 0.2) is 0 Å². The second-order valence-corrected chi connectivity index (χ2v) is 2.59. The Hall–Kier alpha value is -1.28. The highest BCUT2D eigenvalue weighted by Gasteiger charge is 2.36. The van der Waals surface area contributed by atoms with E-state index in [-0.39, 0.29) is 0 Å². The lowest BCUT2D eigenvalue weighted by molar-refractivity contribution is 0.106. The van der Waals surface area contributed by atoms with E-state index in [4.69, 9.17) is 5.26 Å². The number of aliphatic hydroxyl groups is 1. The van der Waals surface area contributed by atoms with E-state index in [0.717, 1.165) is 0 Å². The van der Waals surface area contributed by atoms with Crippen molar-refractivity contribution in [2.45, 2.75) is 18.6 Å². The number of methoxy groups -OCH3 is 1. The maximum Gasteiger partial charge on any atom is 0.410 e. The van der Waals surface area contributed by atoms with Gasteiger partial charge in [-0.1, -0.05) is 0 Å². The second kappa shape index (κ2) is 3.41. The van der Waals surface area contributed by atoms with Crippen LogP contribution in [0.5, 0.6) is 0 Å². The zero-order valence-electron chi connectivity index (χ0n) is 6.73. The smallest absolute Gasteiger partial charge is 0.410 e. The van der Waals surface area contributed by atoms with Crippen LogP contribution in [-0.2, 0) is 4.74 Å². The quantitative estimate of drug-likeness (QED) is 0.542. The Kier molecular flexibility index (Phi) is 2.51. The largest absolute Gasteiger partial charge is 0.453 e. The van der Waals surface area contributed by atoms with Gasteiger partial charge in [-0.15, -0.1) is 0 Å². The summed E-state index contributed by atoms with van der Waals surface area (Å²) in [5.41, 5.74) is 0. The molecule has 1 fully saturated rings. The maximum atomic E-state index is 11.0. The van der Waals surface area contributed by atoms with Crippen LogP contribution in [-0.4, -0.2) is 41.9 Å². The van der Waals surface area contributed by atoms with Crippen molar-refractivity contribution in [1.29, 1.82) is 5.26 Å². The van der Waals surface area contributed by atoms with E-state index in [1.807, 2.05) is 6.07 Å². The predicted molar refractivity (Wildman–Crippen MR) is 39.1 cm³/mol. The molecule has 1 aliphatic rings. The number of likely N-dealkylation sites (tertiary alicyclic amines) is 1. The molecule has 0 aromatic heterocycles. The van der Waals surface area contributed by atoms with E-state index in [2.05, 4.69) is 4.74 Å². The molecule has 66 valence electrons. The van der Waals surface area contributed by atoms with Crippen LogP contribution in [0.2, 0.25) is 0 Å². The van der Waals surface area contributed by atoms with Gasteiger partial charge in [-0.2, -0.15) is 5.26 Å². The summed E-state index contributed by atoms with van der Waals surface area (Å²) < 4.78 is 4.44. The van der Waals surface area contributed by atoms with Crippen molar-refractivity contribution in [3.05, 3.63) is 0 Å². The van der Waals surface area contributed by atoms with Crippen LogP contribution < -0.4 is 0 Å². The lowest BCUT2D eigenvalue weighted by Gasteiger charge is -2.18. The number of nitriles is 1.